The quantitative estimate of drug-likeness (QED) is 0.0349. The lowest BCUT2D eigenvalue weighted by Crippen LogP contribution is -2.39. The van der Waals surface area contributed by atoms with Gasteiger partial charge in [-0.1, -0.05) is 78.9 Å². The molecule has 7 N–H and O–H groups in total. The van der Waals surface area contributed by atoms with Crippen LogP contribution in [-0.2, 0) is 45.4 Å². The van der Waals surface area contributed by atoms with Crippen LogP contribution in [0, 0.1) is 51.0 Å². The van der Waals surface area contributed by atoms with Crippen LogP contribution in [0.15, 0.2) is 225 Å². The number of nitrogens with zero attached hydrogens (tertiary/aromatic N) is 10. The van der Waals surface area contributed by atoms with Crippen molar-refractivity contribution in [2.24, 2.45) is 0 Å². The number of aliphatic carboxylic acids is 4. The van der Waals surface area contributed by atoms with E-state index in [-0.39, 0.29) is 140 Å². The SMILES string of the molecule is Cc1c(C2=CCN(Nc3ccc4ccccc4n3)CC2)c2cc(F)ccc2n1CC(=O)O.Cc1c(C2CCC(N(C)C(=O)c3ccc4ccccc4n3)CC2)c2cc(F)ccc2n1CC(=O)O.Cc1c(C2CCC(NC(=O)c3cccc4ncccc34)CC2)c2cc(F)ccc2n1CC(=O)O.Cc1c(C2CCC(NC(=O)c3ccnc4ccccc34)CC2)c2cc(F)ccc2n1CC(=O)O.Cl.Cl.Cl. The summed E-state index contributed by atoms with van der Waals surface area (Å²) in [7, 11) is 1.84. The highest BCUT2D eigenvalue weighted by molar-refractivity contribution is 6.07. The van der Waals surface area contributed by atoms with Crippen molar-refractivity contribution >= 4 is 177 Å². The third kappa shape index (κ3) is 21.5. The molecule has 9 heterocycles. The second kappa shape index (κ2) is 43.5. The predicted octanol–water partition coefficient (Wildman–Crippen LogP) is 22.0. The summed E-state index contributed by atoms with van der Waals surface area (Å²) in [6.07, 6.45) is 16.2. The zero-order chi connectivity index (χ0) is 94.6. The molecule has 3 amide bonds. The van der Waals surface area contributed by atoms with Gasteiger partial charge in [-0.3, -0.25) is 43.5 Å². The number of hydrogen-bond donors (Lipinski definition) is 7. The molecule has 714 valence electrons. The number of pyridine rings is 4. The molecule has 1 aliphatic heterocycles. The number of halogens is 7. The molecule has 138 heavy (non-hydrogen) atoms. The van der Waals surface area contributed by atoms with E-state index in [4.69, 9.17) is 0 Å². The summed E-state index contributed by atoms with van der Waals surface area (Å²) >= 11 is 0. The first-order valence-electron chi connectivity index (χ1n) is 45.7. The highest BCUT2D eigenvalue weighted by atomic mass is 35.5. The third-order valence-corrected chi connectivity index (χ3v) is 27.4. The normalized spacial score (nSPS) is 17.0. The summed E-state index contributed by atoms with van der Waals surface area (Å²) in [5.74, 6) is -3.93. The van der Waals surface area contributed by atoms with Gasteiger partial charge in [-0.25, -0.2) is 32.5 Å². The molecular weight excluding hydrogens is 1830 g/mol. The van der Waals surface area contributed by atoms with Gasteiger partial charge in [-0.2, -0.15) is 0 Å². The first kappa shape index (κ1) is 99.9. The maximum Gasteiger partial charge on any atom is 0.323 e. The molecule has 0 spiro atoms. The molecule has 24 nitrogen and oxygen atoms in total. The summed E-state index contributed by atoms with van der Waals surface area (Å²) in [5, 5.41) is 52.8. The fourth-order valence-electron chi connectivity index (χ4n) is 20.9. The largest absolute Gasteiger partial charge is 0.480 e. The Morgan fingerprint density at radius 3 is 1.25 bits per heavy atom. The molecule has 20 rings (SSSR count). The molecule has 0 atom stereocenters. The summed E-state index contributed by atoms with van der Waals surface area (Å²) < 4.78 is 63.4. The van der Waals surface area contributed by atoms with Gasteiger partial charge in [-0.15, -0.1) is 37.2 Å². The number of benzene rings is 8. The van der Waals surface area contributed by atoms with Crippen molar-refractivity contribution in [2.75, 3.05) is 25.6 Å². The summed E-state index contributed by atoms with van der Waals surface area (Å²) in [6, 6.07) is 60.5. The van der Waals surface area contributed by atoms with Crippen LogP contribution in [0.4, 0.5) is 23.4 Å². The second-order valence-electron chi connectivity index (χ2n) is 35.6. The minimum atomic E-state index is -0.925. The minimum Gasteiger partial charge on any atom is -0.480 e. The zero-order valence-corrected chi connectivity index (χ0v) is 79.1. The smallest absolute Gasteiger partial charge is 0.323 e. The van der Waals surface area contributed by atoms with E-state index in [1.54, 1.807) is 72.0 Å². The number of anilines is 1. The Morgan fingerprint density at radius 2 is 0.790 bits per heavy atom. The molecule has 3 fully saturated rings. The fraction of sp³-hybridized carbons (Fsp3) is 0.280. The van der Waals surface area contributed by atoms with E-state index < -0.39 is 23.9 Å². The van der Waals surface area contributed by atoms with E-state index in [2.05, 4.69) is 47.1 Å². The third-order valence-electron chi connectivity index (χ3n) is 27.4. The molecule has 3 aliphatic carbocycles. The van der Waals surface area contributed by atoms with E-state index in [1.807, 2.05) is 156 Å². The zero-order valence-electron chi connectivity index (χ0n) is 76.6. The number of carbonyl (C=O) groups excluding carboxylic acids is 3. The van der Waals surface area contributed by atoms with E-state index in [0.29, 0.717) is 23.4 Å². The van der Waals surface area contributed by atoms with Crippen LogP contribution >= 0.6 is 37.2 Å². The van der Waals surface area contributed by atoms with Crippen molar-refractivity contribution in [3.63, 3.8) is 0 Å². The number of rotatable bonds is 20. The first-order valence-corrected chi connectivity index (χ1v) is 45.7. The van der Waals surface area contributed by atoms with Crippen LogP contribution < -0.4 is 16.1 Å². The molecule has 0 bridgehead atoms. The van der Waals surface area contributed by atoms with Crippen LogP contribution in [0.1, 0.15) is 177 Å². The summed E-state index contributed by atoms with van der Waals surface area (Å²) in [4.78, 5) is 105. The average molecular weight is 1930 g/mol. The number of amides is 3. The highest BCUT2D eigenvalue weighted by Gasteiger charge is 2.35. The van der Waals surface area contributed by atoms with Gasteiger partial charge in [0.05, 0.1) is 27.6 Å². The van der Waals surface area contributed by atoms with Gasteiger partial charge >= 0.3 is 23.9 Å². The standard InChI is InChI=1S/C28H28FN3O3.2C27H26FN3O3.C25H23FN4O2.3ClH/c1-17-27(22-15-20(29)10-14-25(22)32(17)16-26(33)34)19-7-11-21(12-8-19)31(2)28(35)24-13-9-18-5-3-4-6-23(18)30-24;1-16-26(22-14-18(28)9-12-24(22)31(16)15-25(32)33)17-7-10-19(11-8-17)30-27(34)21-4-2-6-23-20(21)5-3-13-29-23;1-16-26(22-14-18(28)8-11-24(22)31(16)15-25(32)33)17-6-9-19(10-7-17)30-27(34)21-12-13-29-23-5-3-2-4-20(21)23;1-16-25(20-14-19(26)7-8-22(20)30(16)15-24(31)32)18-10-12-29(13-11-18)28-23-9-6-17-4-2-3-5-21(17)27-23;;;/h3-6,9-10,13-15,19,21H,7-8,11-12,16H2,1-2H3,(H,33,34);2-6,9,12-14,17,19H,7-8,10-11,15H2,1H3,(H,30,34)(H,32,33);2-5,8,11-14,17,19H,6-7,9-10,15H2,1H3,(H,30,34)(H,32,33);2-10,14H,11-13,15H2,1H3,(H,27,28)(H,31,32);3*1H. The lowest BCUT2D eigenvalue weighted by molar-refractivity contribution is -0.138. The van der Waals surface area contributed by atoms with Crippen LogP contribution in [0.2, 0.25) is 0 Å². The Labute approximate surface area is 811 Å². The van der Waals surface area contributed by atoms with Gasteiger partial charge in [0.15, 0.2) is 0 Å². The number of carboxylic acids is 4. The van der Waals surface area contributed by atoms with Gasteiger partial charge in [0.2, 0.25) is 0 Å². The number of fused-ring (bicyclic) bond motifs is 8. The van der Waals surface area contributed by atoms with E-state index >= 15 is 0 Å². The van der Waals surface area contributed by atoms with Crippen molar-refractivity contribution in [3.05, 3.63) is 310 Å². The Bertz CT molecular complexity index is 7140. The fourth-order valence-corrected chi connectivity index (χ4v) is 20.9. The predicted molar refractivity (Wildman–Crippen MR) is 536 cm³/mol. The van der Waals surface area contributed by atoms with Crippen LogP contribution in [0.5, 0.6) is 0 Å². The van der Waals surface area contributed by atoms with Gasteiger partial charge in [0.1, 0.15) is 61.0 Å². The number of hydrogen-bond acceptors (Lipinski definition) is 13. The topological polar surface area (TPSA) is 314 Å². The summed E-state index contributed by atoms with van der Waals surface area (Å²) in [5.41, 5.74) is 20.0. The number of hydrazine groups is 1. The number of carbonyl (C=O) groups is 7. The lowest BCUT2D eigenvalue weighted by Gasteiger charge is -2.35. The van der Waals surface area contributed by atoms with Crippen molar-refractivity contribution in [2.45, 2.75) is 173 Å². The molecule has 4 aliphatic rings. The number of nitrogens with one attached hydrogen (secondary N) is 3. The lowest BCUT2D eigenvalue weighted by atomic mass is 9.80. The Balaban J connectivity index is 0.000000146. The van der Waals surface area contributed by atoms with Gasteiger partial charge in [0, 0.05) is 150 Å². The Morgan fingerprint density at radius 1 is 0.399 bits per heavy atom. The molecule has 16 aromatic rings. The minimum absolute atomic E-state index is 0. The molecule has 8 aromatic heterocycles. The number of para-hydroxylation sites is 3. The highest BCUT2D eigenvalue weighted by Crippen LogP contribution is 2.46. The maximum atomic E-state index is 14.1. The summed E-state index contributed by atoms with van der Waals surface area (Å²) in [6.45, 7) is 8.45. The van der Waals surface area contributed by atoms with Crippen molar-refractivity contribution < 1.29 is 71.5 Å². The van der Waals surface area contributed by atoms with Crippen LogP contribution in [0.25, 0.3) is 92.8 Å². The van der Waals surface area contributed by atoms with Gasteiger partial charge < -0.3 is 59.7 Å². The maximum absolute atomic E-state index is 14.1. The molecule has 0 saturated heterocycles. The first-order chi connectivity index (χ1) is 65.2. The van der Waals surface area contributed by atoms with Crippen molar-refractivity contribution in [1.29, 1.82) is 0 Å². The average Bonchev–Trinajstić information content (AvgIpc) is 1.62. The van der Waals surface area contributed by atoms with Crippen molar-refractivity contribution in [3.8, 4) is 0 Å². The Kier molecular flexibility index (Phi) is 31.5. The second-order valence-corrected chi connectivity index (χ2v) is 35.6. The molecule has 3 saturated carbocycles. The molecular formula is C107H106Cl3F4N13O11. The van der Waals surface area contributed by atoms with E-state index in [0.717, 1.165) is 234 Å². The Hall–Kier alpha value is -14.1. The van der Waals surface area contributed by atoms with Gasteiger partial charge in [-0.05, 0) is 285 Å². The van der Waals surface area contributed by atoms with Gasteiger partial charge in [0.25, 0.3) is 17.7 Å². The van der Waals surface area contributed by atoms with Crippen molar-refractivity contribution in [1.82, 2.24) is 58.7 Å². The van der Waals surface area contributed by atoms with E-state index in [9.17, 15) is 71.5 Å². The number of carboxylic acid groups (broad SMARTS) is 4. The molecule has 0 unspecified atom stereocenters. The number of aromatic nitrogens is 8. The van der Waals surface area contributed by atoms with E-state index in [1.165, 1.54) is 48.5 Å². The van der Waals surface area contributed by atoms with Crippen LogP contribution in [-0.4, -0.2) is 148 Å². The molecule has 8 aromatic carbocycles. The van der Waals surface area contributed by atoms with Crippen LogP contribution in [0.3, 0.4) is 0 Å². The molecule has 0 radical (unpaired) electrons. The molecule has 31 heteroatoms. The monoisotopic (exact) mass is 1930 g/mol.